The van der Waals surface area contributed by atoms with Gasteiger partial charge in [0.25, 0.3) is 5.91 Å². The van der Waals surface area contributed by atoms with E-state index >= 15 is 0 Å². The Bertz CT molecular complexity index is 1490. The van der Waals surface area contributed by atoms with Crippen LogP contribution in [0.5, 0.6) is 0 Å². The number of ketones is 1. The van der Waals surface area contributed by atoms with E-state index < -0.39 is 0 Å². The number of carbonyl (C=O) groups excluding carboxylic acids is 2. The summed E-state index contributed by atoms with van der Waals surface area (Å²) in [7, 11) is 0. The molecule has 6 heteroatoms. The Kier molecular flexibility index (Phi) is 6.53. The van der Waals surface area contributed by atoms with Crippen molar-refractivity contribution in [3.8, 4) is 21.8 Å². The average molecular weight is 495 g/mol. The molecule has 0 aliphatic rings. The number of rotatable bonds is 6. The quantitative estimate of drug-likeness (QED) is 0.247. The third kappa shape index (κ3) is 5.06. The Balaban J connectivity index is 1.32. The van der Waals surface area contributed by atoms with Crippen LogP contribution in [0.15, 0.2) is 109 Å². The van der Waals surface area contributed by atoms with Crippen molar-refractivity contribution >= 4 is 40.3 Å². The number of benzene rings is 4. The maximum atomic E-state index is 13.0. The van der Waals surface area contributed by atoms with Crippen LogP contribution in [0.4, 0.5) is 5.69 Å². The van der Waals surface area contributed by atoms with E-state index in [2.05, 4.69) is 5.32 Å². The normalized spacial score (nSPS) is 10.7. The van der Waals surface area contributed by atoms with Crippen molar-refractivity contribution in [3.63, 3.8) is 0 Å². The van der Waals surface area contributed by atoms with Gasteiger partial charge in [-0.1, -0.05) is 84.4 Å². The van der Waals surface area contributed by atoms with Crippen molar-refractivity contribution < 1.29 is 9.59 Å². The minimum absolute atomic E-state index is 0.188. The Morgan fingerprint density at radius 3 is 2.06 bits per heavy atom. The topological polar surface area (TPSA) is 59.1 Å². The number of amides is 1. The summed E-state index contributed by atoms with van der Waals surface area (Å²) in [5, 5.41) is 6.50. The van der Waals surface area contributed by atoms with E-state index in [1.165, 1.54) is 0 Å². The molecule has 1 heterocycles. The van der Waals surface area contributed by atoms with Crippen molar-refractivity contribution in [1.29, 1.82) is 0 Å². The Morgan fingerprint density at radius 2 is 1.34 bits per heavy atom. The zero-order valence-corrected chi connectivity index (χ0v) is 20.0. The minimum Gasteiger partial charge on any atom is -0.322 e. The lowest BCUT2D eigenvalue weighted by atomic mass is 9.98. The molecule has 1 N–H and O–H groups in total. The molecule has 0 radical (unpaired) electrons. The zero-order chi connectivity index (χ0) is 24.2. The molecule has 5 rings (SSSR count). The maximum Gasteiger partial charge on any atom is 0.256 e. The molecule has 0 saturated heterocycles. The van der Waals surface area contributed by atoms with E-state index in [0.717, 1.165) is 21.8 Å². The molecular formula is C29H19ClN2O2S. The van der Waals surface area contributed by atoms with E-state index in [9.17, 15) is 9.59 Å². The predicted molar refractivity (Wildman–Crippen MR) is 142 cm³/mol. The van der Waals surface area contributed by atoms with Gasteiger partial charge in [0.2, 0.25) is 0 Å². The molecule has 0 aliphatic carbocycles. The van der Waals surface area contributed by atoms with Gasteiger partial charge in [0.15, 0.2) is 5.78 Å². The standard InChI is InChI=1S/C29H19ClN2O2S/c30-22-14-10-21(11-15-22)29-32-26(18-35-29)19-12-16-23(17-13-19)31-28(34)25-9-5-4-8-24(25)27(33)20-6-2-1-3-7-20/h1-18H,(H,31,34). The number of carbonyl (C=O) groups is 2. The lowest BCUT2D eigenvalue weighted by molar-refractivity contribution is 0.0996. The first-order valence-corrected chi connectivity index (χ1v) is 12.2. The summed E-state index contributed by atoms with van der Waals surface area (Å²) in [5.74, 6) is -0.525. The first-order chi connectivity index (χ1) is 17.1. The first kappa shape index (κ1) is 22.7. The van der Waals surface area contributed by atoms with Gasteiger partial charge >= 0.3 is 0 Å². The summed E-state index contributed by atoms with van der Waals surface area (Å²) in [4.78, 5) is 30.7. The number of thiazole rings is 1. The van der Waals surface area contributed by atoms with Gasteiger partial charge in [0, 0.05) is 38.3 Å². The monoisotopic (exact) mass is 494 g/mol. The lowest BCUT2D eigenvalue weighted by Crippen LogP contribution is -2.16. The van der Waals surface area contributed by atoms with Gasteiger partial charge in [0.05, 0.1) is 11.3 Å². The largest absolute Gasteiger partial charge is 0.322 e. The van der Waals surface area contributed by atoms with Crippen LogP contribution in [0.3, 0.4) is 0 Å². The number of nitrogens with one attached hydrogen (secondary N) is 1. The average Bonchev–Trinajstić information content (AvgIpc) is 3.40. The number of nitrogens with zero attached hydrogens (tertiary/aromatic N) is 1. The van der Waals surface area contributed by atoms with Crippen molar-refractivity contribution in [2.24, 2.45) is 0 Å². The molecule has 0 saturated carbocycles. The molecule has 4 aromatic carbocycles. The third-order valence-corrected chi connectivity index (χ3v) is 6.63. The molecule has 0 fully saturated rings. The number of anilines is 1. The van der Waals surface area contributed by atoms with E-state index in [1.54, 1.807) is 59.9 Å². The Hall–Kier alpha value is -4.06. The molecule has 0 spiro atoms. The van der Waals surface area contributed by atoms with Gasteiger partial charge in [-0.05, 0) is 30.3 Å². The molecule has 1 amide bonds. The summed E-state index contributed by atoms with van der Waals surface area (Å²) in [6, 6.07) is 30.9. The first-order valence-electron chi connectivity index (χ1n) is 10.9. The Morgan fingerprint density at radius 1 is 0.714 bits per heavy atom. The minimum atomic E-state index is -0.337. The van der Waals surface area contributed by atoms with E-state index in [-0.39, 0.29) is 11.7 Å². The highest BCUT2D eigenvalue weighted by atomic mass is 35.5. The molecule has 170 valence electrons. The fraction of sp³-hybridized carbons (Fsp3) is 0. The second kappa shape index (κ2) is 10.1. The van der Waals surface area contributed by atoms with Crippen LogP contribution >= 0.6 is 22.9 Å². The molecule has 0 unspecified atom stereocenters. The van der Waals surface area contributed by atoms with Gasteiger partial charge < -0.3 is 5.32 Å². The molecule has 4 nitrogen and oxygen atoms in total. The van der Waals surface area contributed by atoms with Gasteiger partial charge in [-0.3, -0.25) is 9.59 Å². The van der Waals surface area contributed by atoms with Crippen LogP contribution in [0.2, 0.25) is 5.02 Å². The maximum absolute atomic E-state index is 13.0. The summed E-state index contributed by atoms with van der Waals surface area (Å²) in [5.41, 5.74) is 4.68. The fourth-order valence-corrected chi connectivity index (χ4v) is 4.64. The summed E-state index contributed by atoms with van der Waals surface area (Å²) >= 11 is 7.54. The van der Waals surface area contributed by atoms with Crippen LogP contribution in [0.1, 0.15) is 26.3 Å². The second-order valence-corrected chi connectivity index (χ2v) is 9.11. The number of hydrogen-bond acceptors (Lipinski definition) is 4. The van der Waals surface area contributed by atoms with Crippen LogP contribution < -0.4 is 5.32 Å². The van der Waals surface area contributed by atoms with Crippen LogP contribution in [0.25, 0.3) is 21.8 Å². The SMILES string of the molecule is O=C(Nc1ccc(-c2csc(-c3ccc(Cl)cc3)n2)cc1)c1ccccc1C(=O)c1ccccc1. The van der Waals surface area contributed by atoms with Gasteiger partial charge in [-0.15, -0.1) is 11.3 Å². The molecular weight excluding hydrogens is 476 g/mol. The lowest BCUT2D eigenvalue weighted by Gasteiger charge is -2.10. The van der Waals surface area contributed by atoms with Crippen LogP contribution in [-0.2, 0) is 0 Å². The molecule has 1 aromatic heterocycles. The summed E-state index contributed by atoms with van der Waals surface area (Å²) in [6.45, 7) is 0. The number of aromatic nitrogens is 1. The van der Waals surface area contributed by atoms with Crippen molar-refractivity contribution in [3.05, 3.63) is 130 Å². The fourth-order valence-electron chi connectivity index (χ4n) is 3.68. The van der Waals surface area contributed by atoms with Crippen LogP contribution in [-0.4, -0.2) is 16.7 Å². The van der Waals surface area contributed by atoms with Crippen molar-refractivity contribution in [2.75, 3.05) is 5.32 Å². The molecule has 0 aliphatic heterocycles. The van der Waals surface area contributed by atoms with E-state index in [4.69, 9.17) is 16.6 Å². The number of halogens is 1. The highest BCUT2D eigenvalue weighted by molar-refractivity contribution is 7.13. The molecule has 0 bridgehead atoms. The van der Waals surface area contributed by atoms with Gasteiger partial charge in [-0.25, -0.2) is 4.98 Å². The van der Waals surface area contributed by atoms with Crippen molar-refractivity contribution in [1.82, 2.24) is 4.98 Å². The molecule has 0 atom stereocenters. The van der Waals surface area contributed by atoms with Crippen molar-refractivity contribution in [2.45, 2.75) is 0 Å². The van der Waals surface area contributed by atoms with E-state index in [1.807, 2.05) is 60.0 Å². The van der Waals surface area contributed by atoms with E-state index in [0.29, 0.717) is 27.4 Å². The highest BCUT2D eigenvalue weighted by Gasteiger charge is 2.18. The summed E-state index contributed by atoms with van der Waals surface area (Å²) in [6.07, 6.45) is 0. The van der Waals surface area contributed by atoms with Gasteiger partial charge in [0.1, 0.15) is 5.01 Å². The third-order valence-electron chi connectivity index (χ3n) is 5.49. The predicted octanol–water partition coefficient (Wildman–Crippen LogP) is 7.61. The zero-order valence-electron chi connectivity index (χ0n) is 18.4. The van der Waals surface area contributed by atoms with Crippen LogP contribution in [0, 0.1) is 0 Å². The molecule has 35 heavy (non-hydrogen) atoms. The smallest absolute Gasteiger partial charge is 0.256 e. The summed E-state index contributed by atoms with van der Waals surface area (Å²) < 4.78 is 0. The van der Waals surface area contributed by atoms with Gasteiger partial charge in [-0.2, -0.15) is 0 Å². The Labute approximate surface area is 211 Å². The number of hydrogen-bond donors (Lipinski definition) is 1. The highest BCUT2D eigenvalue weighted by Crippen LogP contribution is 2.30. The second-order valence-electron chi connectivity index (χ2n) is 7.82. The molecule has 5 aromatic rings.